The first-order chi connectivity index (χ1) is 11.2. The normalized spacial score (nSPS) is 18.0. The molecular formula is C18H25N3O2. The van der Waals surface area contributed by atoms with Crippen LogP contribution in [0.2, 0.25) is 0 Å². The molecule has 1 aromatic carbocycles. The molecule has 0 radical (unpaired) electrons. The second kappa shape index (κ2) is 7.62. The summed E-state index contributed by atoms with van der Waals surface area (Å²) in [6, 6.07) is 9.96. The van der Waals surface area contributed by atoms with Crippen molar-refractivity contribution < 1.29 is 9.84 Å². The van der Waals surface area contributed by atoms with Crippen molar-refractivity contribution in [1.29, 1.82) is 0 Å². The summed E-state index contributed by atoms with van der Waals surface area (Å²) in [7, 11) is 0. The molecule has 0 bridgehead atoms. The van der Waals surface area contributed by atoms with E-state index in [1.54, 1.807) is 0 Å². The summed E-state index contributed by atoms with van der Waals surface area (Å²) in [4.78, 5) is 2.32. The van der Waals surface area contributed by atoms with Gasteiger partial charge in [0.25, 0.3) is 0 Å². The van der Waals surface area contributed by atoms with Gasteiger partial charge >= 0.3 is 0 Å². The van der Waals surface area contributed by atoms with Crippen LogP contribution in [0.25, 0.3) is 0 Å². The van der Waals surface area contributed by atoms with E-state index in [4.69, 9.17) is 4.74 Å². The molecule has 0 amide bonds. The molecule has 0 aliphatic carbocycles. The van der Waals surface area contributed by atoms with Gasteiger partial charge in [-0.05, 0) is 50.6 Å². The molecule has 2 heterocycles. The summed E-state index contributed by atoms with van der Waals surface area (Å²) in [5.74, 6) is 1.42. The molecule has 0 unspecified atom stereocenters. The lowest BCUT2D eigenvalue weighted by molar-refractivity contribution is 0.0590. The minimum Gasteiger partial charge on any atom is -0.491 e. The SMILES string of the molecule is Cc1ccccc1OC[C@H](O)CN1CCC(c2ccn[nH]2)CC1. The number of nitrogens with one attached hydrogen (secondary N) is 1. The van der Waals surface area contributed by atoms with Crippen LogP contribution >= 0.6 is 0 Å². The zero-order valence-electron chi connectivity index (χ0n) is 13.6. The van der Waals surface area contributed by atoms with Crippen LogP contribution in [0.15, 0.2) is 36.5 Å². The smallest absolute Gasteiger partial charge is 0.122 e. The van der Waals surface area contributed by atoms with Crippen molar-refractivity contribution in [3.8, 4) is 5.75 Å². The highest BCUT2D eigenvalue weighted by atomic mass is 16.5. The molecule has 1 atom stereocenters. The van der Waals surface area contributed by atoms with E-state index in [-0.39, 0.29) is 0 Å². The topological polar surface area (TPSA) is 61.4 Å². The van der Waals surface area contributed by atoms with Crippen molar-refractivity contribution >= 4 is 0 Å². The monoisotopic (exact) mass is 315 g/mol. The summed E-state index contributed by atoms with van der Waals surface area (Å²) >= 11 is 0. The fraction of sp³-hybridized carbons (Fsp3) is 0.500. The number of benzene rings is 1. The number of para-hydroxylation sites is 1. The third-order valence-corrected chi connectivity index (χ3v) is 4.54. The van der Waals surface area contributed by atoms with Gasteiger partial charge in [-0.3, -0.25) is 5.10 Å². The molecule has 1 aromatic heterocycles. The fourth-order valence-corrected chi connectivity index (χ4v) is 3.18. The number of aliphatic hydroxyl groups excluding tert-OH is 1. The fourth-order valence-electron chi connectivity index (χ4n) is 3.18. The maximum atomic E-state index is 10.2. The van der Waals surface area contributed by atoms with Crippen molar-refractivity contribution in [2.45, 2.75) is 31.8 Å². The van der Waals surface area contributed by atoms with Gasteiger partial charge < -0.3 is 14.7 Å². The van der Waals surface area contributed by atoms with Gasteiger partial charge in [-0.1, -0.05) is 18.2 Å². The van der Waals surface area contributed by atoms with Crippen LogP contribution in [0, 0.1) is 6.92 Å². The maximum Gasteiger partial charge on any atom is 0.122 e. The number of H-pyrrole nitrogens is 1. The molecule has 1 aliphatic rings. The van der Waals surface area contributed by atoms with Crippen molar-refractivity contribution in [3.63, 3.8) is 0 Å². The number of rotatable bonds is 6. The average molecular weight is 315 g/mol. The van der Waals surface area contributed by atoms with Crippen LogP contribution < -0.4 is 4.74 Å². The summed E-state index contributed by atoms with van der Waals surface area (Å²) < 4.78 is 5.73. The number of aromatic nitrogens is 2. The minimum atomic E-state index is -0.460. The quantitative estimate of drug-likeness (QED) is 0.859. The van der Waals surface area contributed by atoms with E-state index in [2.05, 4.69) is 21.2 Å². The standard InChI is InChI=1S/C18H25N3O2/c1-14-4-2-3-5-18(14)23-13-16(22)12-21-10-7-15(8-11-21)17-6-9-19-20-17/h2-6,9,15-16,22H,7-8,10-13H2,1H3,(H,19,20)/t16-/m1/s1. The average Bonchev–Trinajstić information content (AvgIpc) is 3.09. The first-order valence-electron chi connectivity index (χ1n) is 8.30. The van der Waals surface area contributed by atoms with E-state index < -0.39 is 6.10 Å². The summed E-state index contributed by atoms with van der Waals surface area (Å²) in [6.45, 7) is 5.03. The molecular weight excluding hydrogens is 290 g/mol. The number of hydrogen-bond donors (Lipinski definition) is 2. The van der Waals surface area contributed by atoms with Crippen LogP contribution in [-0.4, -0.2) is 52.5 Å². The van der Waals surface area contributed by atoms with Crippen molar-refractivity contribution in [1.82, 2.24) is 15.1 Å². The number of β-amino-alcohol motifs (C(OH)–C–C–N with tert-alkyl or cyclic N) is 1. The van der Waals surface area contributed by atoms with E-state index in [9.17, 15) is 5.11 Å². The Balaban J connectivity index is 1.41. The van der Waals surface area contributed by atoms with Crippen LogP contribution in [0.3, 0.4) is 0 Å². The largest absolute Gasteiger partial charge is 0.491 e. The Morgan fingerprint density at radius 1 is 1.30 bits per heavy atom. The predicted octanol–water partition coefficient (Wildman–Crippen LogP) is 2.34. The Morgan fingerprint density at radius 2 is 2.09 bits per heavy atom. The van der Waals surface area contributed by atoms with Crippen molar-refractivity contribution in [2.24, 2.45) is 0 Å². The van der Waals surface area contributed by atoms with Crippen LogP contribution in [0.1, 0.15) is 30.0 Å². The molecule has 0 saturated carbocycles. The van der Waals surface area contributed by atoms with Gasteiger partial charge in [0, 0.05) is 24.4 Å². The van der Waals surface area contributed by atoms with Crippen molar-refractivity contribution in [3.05, 3.63) is 47.8 Å². The second-order valence-corrected chi connectivity index (χ2v) is 6.32. The summed E-state index contributed by atoms with van der Waals surface area (Å²) in [5, 5.41) is 17.3. The lowest BCUT2D eigenvalue weighted by Gasteiger charge is -2.32. The van der Waals surface area contributed by atoms with Crippen LogP contribution in [-0.2, 0) is 0 Å². The summed E-state index contributed by atoms with van der Waals surface area (Å²) in [5.41, 5.74) is 2.33. The number of aromatic amines is 1. The molecule has 124 valence electrons. The highest BCUT2D eigenvalue weighted by molar-refractivity contribution is 5.31. The first-order valence-corrected chi connectivity index (χ1v) is 8.30. The Kier molecular flexibility index (Phi) is 5.31. The number of aryl methyl sites for hydroxylation is 1. The number of nitrogens with zero attached hydrogens (tertiary/aromatic N) is 2. The molecule has 2 N–H and O–H groups in total. The highest BCUT2D eigenvalue weighted by Gasteiger charge is 2.23. The van der Waals surface area contributed by atoms with Gasteiger partial charge in [0.2, 0.25) is 0 Å². The molecule has 23 heavy (non-hydrogen) atoms. The molecule has 1 saturated heterocycles. The third-order valence-electron chi connectivity index (χ3n) is 4.54. The Hall–Kier alpha value is -1.85. The zero-order chi connectivity index (χ0) is 16.1. The molecule has 5 heteroatoms. The van der Waals surface area contributed by atoms with Gasteiger partial charge in [0.05, 0.1) is 0 Å². The van der Waals surface area contributed by atoms with Crippen LogP contribution in [0.4, 0.5) is 0 Å². The lowest BCUT2D eigenvalue weighted by atomic mass is 9.93. The maximum absolute atomic E-state index is 10.2. The molecule has 5 nitrogen and oxygen atoms in total. The number of likely N-dealkylation sites (tertiary alicyclic amines) is 1. The lowest BCUT2D eigenvalue weighted by Crippen LogP contribution is -2.40. The minimum absolute atomic E-state index is 0.339. The highest BCUT2D eigenvalue weighted by Crippen LogP contribution is 2.26. The van der Waals surface area contributed by atoms with Gasteiger partial charge in [0.15, 0.2) is 0 Å². The zero-order valence-corrected chi connectivity index (χ0v) is 13.6. The van der Waals surface area contributed by atoms with E-state index in [0.29, 0.717) is 19.1 Å². The first kappa shape index (κ1) is 16.0. The van der Waals surface area contributed by atoms with Crippen LogP contribution in [0.5, 0.6) is 5.75 Å². The van der Waals surface area contributed by atoms with E-state index in [1.165, 1.54) is 5.69 Å². The Bertz CT molecular complexity index is 592. The molecule has 1 fully saturated rings. The molecule has 0 spiro atoms. The Morgan fingerprint density at radius 3 is 2.78 bits per heavy atom. The summed E-state index contributed by atoms with van der Waals surface area (Å²) in [6.07, 6.45) is 3.56. The molecule has 3 rings (SSSR count). The number of ether oxygens (including phenoxy) is 1. The van der Waals surface area contributed by atoms with E-state index in [1.807, 2.05) is 37.4 Å². The van der Waals surface area contributed by atoms with Gasteiger partial charge in [0.1, 0.15) is 18.5 Å². The molecule has 2 aromatic rings. The predicted molar refractivity (Wildman–Crippen MR) is 89.7 cm³/mol. The van der Waals surface area contributed by atoms with Gasteiger partial charge in [-0.2, -0.15) is 5.10 Å². The number of hydrogen-bond acceptors (Lipinski definition) is 4. The van der Waals surface area contributed by atoms with Gasteiger partial charge in [-0.25, -0.2) is 0 Å². The number of piperidine rings is 1. The Labute approximate surface area is 137 Å². The number of aliphatic hydroxyl groups is 1. The van der Waals surface area contributed by atoms with Crippen molar-refractivity contribution in [2.75, 3.05) is 26.2 Å². The van der Waals surface area contributed by atoms with E-state index >= 15 is 0 Å². The van der Waals surface area contributed by atoms with E-state index in [0.717, 1.165) is 37.2 Å². The second-order valence-electron chi connectivity index (χ2n) is 6.32. The molecule has 1 aliphatic heterocycles. The third kappa shape index (κ3) is 4.33. The van der Waals surface area contributed by atoms with Gasteiger partial charge in [-0.15, -0.1) is 0 Å².